The van der Waals surface area contributed by atoms with E-state index in [1.807, 2.05) is 32.3 Å². The van der Waals surface area contributed by atoms with E-state index in [9.17, 15) is 5.26 Å². The number of rotatable bonds is 5. The number of aromatic nitrogens is 3. The summed E-state index contributed by atoms with van der Waals surface area (Å²) in [5, 5.41) is 13.9. The molecule has 8 heteroatoms. The molecule has 0 atom stereocenters. The van der Waals surface area contributed by atoms with Crippen molar-refractivity contribution in [2.45, 2.75) is 38.8 Å². The molecular formula is C24H30N6OS. The van der Waals surface area contributed by atoms with Crippen molar-refractivity contribution in [3.05, 3.63) is 42.4 Å². The smallest absolute Gasteiger partial charge is 0.138 e. The van der Waals surface area contributed by atoms with Crippen LogP contribution in [0, 0.1) is 11.3 Å². The molecule has 0 aromatic carbocycles. The fourth-order valence-electron chi connectivity index (χ4n) is 4.07. The zero-order valence-corrected chi connectivity index (χ0v) is 20.0. The van der Waals surface area contributed by atoms with Crippen LogP contribution in [0.5, 0.6) is 5.75 Å². The van der Waals surface area contributed by atoms with Crippen molar-refractivity contribution in [3.63, 3.8) is 0 Å². The number of nitriles is 1. The zero-order chi connectivity index (χ0) is 22.9. The molecule has 0 amide bonds. The van der Waals surface area contributed by atoms with Crippen LogP contribution in [-0.4, -0.2) is 58.2 Å². The van der Waals surface area contributed by atoms with E-state index in [0.717, 1.165) is 48.4 Å². The lowest BCUT2D eigenvalue weighted by molar-refractivity contribution is 0.241. The van der Waals surface area contributed by atoms with Gasteiger partial charge in [0.05, 0.1) is 35.6 Å². The van der Waals surface area contributed by atoms with E-state index in [-0.39, 0.29) is 6.10 Å². The van der Waals surface area contributed by atoms with Crippen LogP contribution >= 0.6 is 0 Å². The quantitative estimate of drug-likeness (QED) is 0.548. The van der Waals surface area contributed by atoms with E-state index >= 15 is 0 Å². The van der Waals surface area contributed by atoms with E-state index in [2.05, 4.69) is 46.6 Å². The number of nitrogens with zero attached hydrogens (tertiary/aromatic N) is 6. The van der Waals surface area contributed by atoms with Gasteiger partial charge in [0, 0.05) is 30.4 Å². The summed E-state index contributed by atoms with van der Waals surface area (Å²) in [6, 6.07) is 8.72. The van der Waals surface area contributed by atoms with Crippen molar-refractivity contribution in [1.29, 1.82) is 5.26 Å². The van der Waals surface area contributed by atoms with E-state index in [0.29, 0.717) is 17.4 Å². The molecular weight excluding hydrogens is 420 g/mol. The maximum atomic E-state index is 9.55. The average Bonchev–Trinajstić information content (AvgIpc) is 3.15. The van der Waals surface area contributed by atoms with Gasteiger partial charge in [0.25, 0.3) is 0 Å². The van der Waals surface area contributed by atoms with E-state index in [1.165, 1.54) is 0 Å². The summed E-state index contributed by atoms with van der Waals surface area (Å²) < 4.78 is 12.5. The van der Waals surface area contributed by atoms with Crippen molar-refractivity contribution < 1.29 is 4.74 Å². The molecule has 1 saturated heterocycles. The molecule has 0 spiro atoms. The number of hydrogen-bond acceptors (Lipinski definition) is 6. The Kier molecular flexibility index (Phi) is 6.11. The highest BCUT2D eigenvalue weighted by Crippen LogP contribution is 2.32. The minimum atomic E-state index is -1.07. The molecule has 1 aliphatic heterocycles. The predicted molar refractivity (Wildman–Crippen MR) is 133 cm³/mol. The van der Waals surface area contributed by atoms with Crippen molar-refractivity contribution in [1.82, 2.24) is 14.6 Å². The standard InChI is InChI=1S/C24H30N6OS/c1-17(2)31-21-12-22(24-19(13-25)15-27-30(24)16-21)18-6-7-23(26-14-18)29-10-8-20(9-11-29)28-32(3,4)5/h6-7,12,14-17,20H,3,8-11H2,1-2,4-5H3. The van der Waals surface area contributed by atoms with Gasteiger partial charge in [-0.2, -0.15) is 10.4 Å². The zero-order valence-electron chi connectivity index (χ0n) is 19.2. The molecule has 3 aromatic heterocycles. The monoisotopic (exact) mass is 450 g/mol. The van der Waals surface area contributed by atoms with Gasteiger partial charge in [-0.3, -0.25) is 4.36 Å². The number of hydrogen-bond donors (Lipinski definition) is 0. The molecule has 3 aromatic rings. The molecule has 32 heavy (non-hydrogen) atoms. The molecule has 7 nitrogen and oxygen atoms in total. The summed E-state index contributed by atoms with van der Waals surface area (Å²) in [6.45, 7) is 5.86. The van der Waals surface area contributed by atoms with E-state index in [4.69, 9.17) is 14.1 Å². The molecule has 1 aliphatic rings. The first-order valence-corrected chi connectivity index (χ1v) is 13.4. The van der Waals surface area contributed by atoms with Crippen molar-refractivity contribution in [2.24, 2.45) is 4.36 Å². The topological polar surface area (TPSA) is 78.8 Å². The molecule has 4 heterocycles. The number of pyridine rings is 2. The summed E-state index contributed by atoms with van der Waals surface area (Å²) in [6.07, 6.45) is 11.6. The maximum Gasteiger partial charge on any atom is 0.138 e. The second-order valence-corrected chi connectivity index (χ2v) is 12.1. The van der Waals surface area contributed by atoms with Gasteiger partial charge in [-0.1, -0.05) is 5.87 Å². The minimum absolute atomic E-state index is 0.0390. The van der Waals surface area contributed by atoms with Gasteiger partial charge in [0.2, 0.25) is 0 Å². The third-order valence-corrected chi connectivity index (χ3v) is 6.23. The van der Waals surface area contributed by atoms with Crippen molar-refractivity contribution in [3.8, 4) is 22.9 Å². The van der Waals surface area contributed by atoms with Gasteiger partial charge >= 0.3 is 0 Å². The van der Waals surface area contributed by atoms with E-state index in [1.54, 1.807) is 10.7 Å². The molecule has 0 aliphatic carbocycles. The molecule has 0 saturated carbocycles. The third-order valence-electron chi connectivity index (χ3n) is 5.36. The number of fused-ring (bicyclic) bond motifs is 1. The number of piperidine rings is 1. The van der Waals surface area contributed by atoms with Crippen LogP contribution in [0.1, 0.15) is 32.3 Å². The molecule has 0 unspecified atom stereocenters. The Morgan fingerprint density at radius 3 is 2.59 bits per heavy atom. The lowest BCUT2D eigenvalue weighted by Crippen LogP contribution is -2.36. The van der Waals surface area contributed by atoms with Crippen LogP contribution in [-0.2, 0) is 9.41 Å². The van der Waals surface area contributed by atoms with Crippen LogP contribution < -0.4 is 9.64 Å². The molecule has 0 bridgehead atoms. The fraction of sp³-hybridized carbons (Fsp3) is 0.417. The molecule has 0 radical (unpaired) electrons. The second-order valence-electron chi connectivity index (χ2n) is 8.93. The summed E-state index contributed by atoms with van der Waals surface area (Å²) in [7, 11) is -1.07. The first-order chi connectivity index (χ1) is 15.2. The van der Waals surface area contributed by atoms with Crippen LogP contribution in [0.15, 0.2) is 41.2 Å². The lowest BCUT2D eigenvalue weighted by atomic mass is 10.0. The van der Waals surface area contributed by atoms with Gasteiger partial charge in [0.1, 0.15) is 17.6 Å². The van der Waals surface area contributed by atoms with Crippen LogP contribution in [0.2, 0.25) is 0 Å². The van der Waals surface area contributed by atoms with Gasteiger partial charge in [0.15, 0.2) is 0 Å². The largest absolute Gasteiger partial charge is 0.489 e. The Hall–Kier alpha value is -3.05. The Labute approximate surface area is 190 Å². The Morgan fingerprint density at radius 2 is 2.00 bits per heavy atom. The number of anilines is 1. The SMILES string of the molecule is C=S(C)(C)=NC1CCN(c2ccc(-c3cc(OC(C)C)cn4ncc(C#N)c34)cn2)CC1. The van der Waals surface area contributed by atoms with Gasteiger partial charge in [-0.05, 0) is 57.4 Å². The highest BCUT2D eigenvalue weighted by Gasteiger charge is 2.20. The lowest BCUT2D eigenvalue weighted by Gasteiger charge is -2.31. The molecule has 0 N–H and O–H groups in total. The highest BCUT2D eigenvalue weighted by molar-refractivity contribution is 8.01. The first-order valence-electron chi connectivity index (χ1n) is 10.8. The van der Waals surface area contributed by atoms with Crippen molar-refractivity contribution >= 4 is 26.6 Å². The van der Waals surface area contributed by atoms with Crippen LogP contribution in [0.25, 0.3) is 16.6 Å². The summed E-state index contributed by atoms with van der Waals surface area (Å²) in [4.78, 5) is 7.06. The number of ether oxygens (including phenoxy) is 1. The average molecular weight is 451 g/mol. The molecule has 168 valence electrons. The summed E-state index contributed by atoms with van der Waals surface area (Å²) in [5.74, 6) is 5.86. The van der Waals surface area contributed by atoms with E-state index < -0.39 is 9.41 Å². The van der Waals surface area contributed by atoms with Crippen LogP contribution in [0.3, 0.4) is 0 Å². The Morgan fingerprint density at radius 1 is 1.25 bits per heavy atom. The Balaban J connectivity index is 1.61. The third kappa shape index (κ3) is 4.89. The van der Waals surface area contributed by atoms with Gasteiger partial charge in [-0.15, -0.1) is 9.41 Å². The highest BCUT2D eigenvalue weighted by atomic mass is 32.2. The van der Waals surface area contributed by atoms with Gasteiger partial charge in [-0.25, -0.2) is 9.50 Å². The predicted octanol–water partition coefficient (Wildman–Crippen LogP) is 4.05. The van der Waals surface area contributed by atoms with Gasteiger partial charge < -0.3 is 9.64 Å². The van der Waals surface area contributed by atoms with Crippen LogP contribution in [0.4, 0.5) is 5.82 Å². The van der Waals surface area contributed by atoms with Crippen molar-refractivity contribution in [2.75, 3.05) is 30.5 Å². The molecule has 4 rings (SSSR count). The Bertz CT molecular complexity index is 1260. The maximum absolute atomic E-state index is 9.55. The molecule has 1 fully saturated rings. The summed E-state index contributed by atoms with van der Waals surface area (Å²) >= 11 is 0. The normalized spacial score (nSPS) is 15.2. The first kappa shape index (κ1) is 22.2. The summed E-state index contributed by atoms with van der Waals surface area (Å²) in [5.41, 5.74) is 3.10. The fourth-order valence-corrected chi connectivity index (χ4v) is 5.09. The minimum Gasteiger partial charge on any atom is -0.489 e. The second kappa shape index (κ2) is 8.83.